The van der Waals surface area contributed by atoms with Crippen LogP contribution in [-0.4, -0.2) is 123 Å². The van der Waals surface area contributed by atoms with Crippen molar-refractivity contribution in [2.24, 2.45) is 5.41 Å². The molecule has 2 aromatic rings. The molecule has 2 amide bonds. The lowest BCUT2D eigenvalue weighted by Gasteiger charge is -2.30. The fourth-order valence-corrected chi connectivity index (χ4v) is 10.7. The van der Waals surface area contributed by atoms with Gasteiger partial charge in [-0.05, 0) is 38.5 Å². The van der Waals surface area contributed by atoms with Crippen LogP contribution in [0.5, 0.6) is 0 Å². The number of ether oxygens (including phenoxy) is 1. The molecule has 0 aliphatic carbocycles. The second-order valence-corrected chi connectivity index (χ2v) is 23.1. The van der Waals surface area contributed by atoms with Crippen molar-refractivity contribution >= 4 is 69.1 Å². The van der Waals surface area contributed by atoms with Crippen LogP contribution in [0.3, 0.4) is 0 Å². The van der Waals surface area contributed by atoms with Crippen LogP contribution in [0.4, 0.5) is 5.82 Å². The van der Waals surface area contributed by atoms with Gasteiger partial charge in [-0.25, -0.2) is 28.6 Å². The van der Waals surface area contributed by atoms with Gasteiger partial charge < -0.3 is 50.9 Å². The van der Waals surface area contributed by atoms with Crippen molar-refractivity contribution in [3.8, 4) is 0 Å². The quantitative estimate of drug-likeness (QED) is 0.0211. The maximum Gasteiger partial charge on any atom is 0.481 e. The van der Waals surface area contributed by atoms with Gasteiger partial charge in [0.25, 0.3) is 0 Å². The number of carbonyl (C=O) groups excluding carboxylic acids is 3. The number of aromatic nitrogens is 4. The number of phosphoric acid groups is 3. The number of nitrogen functional groups attached to an aromatic ring is 1. The van der Waals surface area contributed by atoms with Gasteiger partial charge in [-0.2, -0.15) is 4.31 Å². The lowest BCUT2D eigenvalue weighted by Crippen LogP contribution is -2.46. The highest BCUT2D eigenvalue weighted by Crippen LogP contribution is 2.61. The molecule has 28 heteroatoms. The van der Waals surface area contributed by atoms with E-state index < -0.39 is 84.6 Å². The van der Waals surface area contributed by atoms with Crippen LogP contribution in [0.1, 0.15) is 136 Å². The van der Waals surface area contributed by atoms with Crippen molar-refractivity contribution in [2.75, 3.05) is 37.8 Å². The summed E-state index contributed by atoms with van der Waals surface area (Å²) in [5.41, 5.74) is 4.29. The van der Waals surface area contributed by atoms with Crippen LogP contribution in [0, 0.1) is 5.41 Å². The summed E-state index contributed by atoms with van der Waals surface area (Å²) in [6.07, 6.45) is 20.2. The molecule has 2 aromatic heterocycles. The number of nitrogens with two attached hydrogens (primary N) is 1. The predicted octanol–water partition coefficient (Wildman–Crippen LogP) is 6.04. The van der Waals surface area contributed by atoms with Crippen molar-refractivity contribution in [3.63, 3.8) is 0 Å². The van der Waals surface area contributed by atoms with E-state index in [1.54, 1.807) is 0 Å². The Morgan fingerprint density at radius 3 is 2.13 bits per heavy atom. The molecule has 1 fully saturated rings. The monoisotopic (exact) mass is 1090 g/mol. The zero-order valence-corrected chi connectivity index (χ0v) is 44.2. The molecule has 0 radical (unpaired) electrons. The normalized spacial score (nSPS) is 19.8. The van der Waals surface area contributed by atoms with Crippen LogP contribution in [0.25, 0.3) is 11.2 Å². The molecule has 24 nitrogen and oxygen atoms in total. The molecule has 1 aliphatic heterocycles. The minimum absolute atomic E-state index is 0.0330. The number of aliphatic hydroxyl groups excluding tert-OH is 2. The second kappa shape index (κ2) is 31.7. The highest BCUT2D eigenvalue weighted by atomic mass is 32.2. The van der Waals surface area contributed by atoms with Gasteiger partial charge in [0.1, 0.15) is 36.3 Å². The standard InChI is InChI=1S/C43H74N7O17P3S/c1-4-5-6-7-8-9-10-11-12-13-14-15-16-17-18-19-20-21-22-23-34(52)71-27-26-45-33(51)24-25-46-41(55)38(54)43(2,3)29-64-70(61,62)67-69(59,60)63-28-32-37(66-68(56,57)58)36(53)42(65-32)50-31-49-35-39(44)47-30-48-40(35)50/h8-9,11-12,30-32,36-38,42,53-54H,4-7,10,13-29H2,1-3H3,(H,45,51)(H,46,55)(H,59,60)(H,61,62)(H2,44,47,48)(H2,56,57,58)/b9-8-,12-11-/t32-,36?,37?,38+,42-/m1/s1. The lowest BCUT2D eigenvalue weighted by molar-refractivity contribution is -0.137. The molecule has 4 unspecified atom stereocenters. The highest BCUT2D eigenvalue weighted by Gasteiger charge is 2.50. The van der Waals surface area contributed by atoms with Crippen LogP contribution in [0.2, 0.25) is 0 Å². The molecular weight excluding hydrogens is 1010 g/mol. The fourth-order valence-electron chi connectivity index (χ4n) is 7.16. The molecule has 0 aromatic carbocycles. The van der Waals surface area contributed by atoms with E-state index in [1.807, 2.05) is 0 Å². The van der Waals surface area contributed by atoms with Crippen molar-refractivity contribution in [1.29, 1.82) is 0 Å². The first-order valence-corrected chi connectivity index (χ1v) is 29.4. The molecule has 3 heterocycles. The van der Waals surface area contributed by atoms with Crippen molar-refractivity contribution in [2.45, 2.75) is 161 Å². The van der Waals surface area contributed by atoms with Gasteiger partial charge >= 0.3 is 23.5 Å². The summed E-state index contributed by atoms with van der Waals surface area (Å²) in [6.45, 7) is 2.79. The number of phosphoric ester groups is 3. The van der Waals surface area contributed by atoms with E-state index in [2.05, 4.69) is 65.6 Å². The number of rotatable bonds is 37. The predicted molar refractivity (Wildman–Crippen MR) is 265 cm³/mol. The van der Waals surface area contributed by atoms with Crippen molar-refractivity contribution < 1.29 is 80.5 Å². The molecule has 71 heavy (non-hydrogen) atoms. The maximum absolute atomic E-state index is 12.8. The topological polar surface area (TPSA) is 364 Å². The molecular formula is C43H74N7O17P3S. The van der Waals surface area contributed by atoms with E-state index in [-0.39, 0.29) is 41.6 Å². The number of hydrogen-bond acceptors (Lipinski definition) is 18. The van der Waals surface area contributed by atoms with Gasteiger partial charge in [0.2, 0.25) is 11.8 Å². The number of aliphatic hydroxyl groups is 2. The molecule has 0 spiro atoms. The Balaban J connectivity index is 1.26. The van der Waals surface area contributed by atoms with Gasteiger partial charge in [-0.3, -0.25) is 32.5 Å². The van der Waals surface area contributed by atoms with E-state index in [0.717, 1.165) is 61.1 Å². The Hall–Kier alpha value is -2.96. The molecule has 7 atom stereocenters. The van der Waals surface area contributed by atoms with Crippen LogP contribution >= 0.6 is 35.2 Å². The Labute approximate surface area is 419 Å². The third-order valence-electron chi connectivity index (χ3n) is 11.1. The van der Waals surface area contributed by atoms with Gasteiger partial charge in [0.15, 0.2) is 22.8 Å². The number of thioether (sulfide) groups is 1. The molecule has 10 N–H and O–H groups in total. The zero-order chi connectivity index (χ0) is 52.5. The van der Waals surface area contributed by atoms with Gasteiger partial charge in [0.05, 0.1) is 19.5 Å². The number of nitrogens with zero attached hydrogens (tertiary/aromatic N) is 4. The fraction of sp³-hybridized carbons (Fsp3) is 0.721. The van der Waals surface area contributed by atoms with E-state index in [4.69, 9.17) is 19.5 Å². The van der Waals surface area contributed by atoms with Crippen molar-refractivity contribution in [3.05, 3.63) is 37.0 Å². The van der Waals surface area contributed by atoms with E-state index in [9.17, 15) is 57.9 Å². The van der Waals surface area contributed by atoms with Gasteiger partial charge in [0, 0.05) is 37.1 Å². The Morgan fingerprint density at radius 1 is 0.859 bits per heavy atom. The number of allylic oxidation sites excluding steroid dienone is 4. The number of imidazole rings is 1. The van der Waals surface area contributed by atoms with Crippen LogP contribution in [-0.2, 0) is 50.7 Å². The third kappa shape index (κ3) is 24.3. The first kappa shape index (κ1) is 62.3. The van der Waals surface area contributed by atoms with Crippen LogP contribution < -0.4 is 16.4 Å². The maximum atomic E-state index is 12.8. The molecule has 1 saturated heterocycles. The summed E-state index contributed by atoms with van der Waals surface area (Å²) in [6, 6.07) is 0. The number of fused-ring (bicyclic) bond motifs is 1. The first-order chi connectivity index (χ1) is 33.6. The smallest absolute Gasteiger partial charge is 0.386 e. The molecule has 0 bridgehead atoms. The van der Waals surface area contributed by atoms with Gasteiger partial charge in [-0.1, -0.05) is 115 Å². The summed E-state index contributed by atoms with van der Waals surface area (Å²) in [5, 5.41) is 26.7. The number of anilines is 1. The number of hydrogen-bond donors (Lipinski definition) is 9. The summed E-state index contributed by atoms with van der Waals surface area (Å²) in [4.78, 5) is 88.5. The summed E-state index contributed by atoms with van der Waals surface area (Å²) < 4.78 is 62.5. The van der Waals surface area contributed by atoms with Crippen molar-refractivity contribution in [1.82, 2.24) is 30.2 Å². The third-order valence-corrected chi connectivity index (χ3v) is 15.1. The second-order valence-electron chi connectivity index (χ2n) is 17.7. The highest BCUT2D eigenvalue weighted by molar-refractivity contribution is 8.13. The summed E-state index contributed by atoms with van der Waals surface area (Å²) in [7, 11) is -16.4. The first-order valence-electron chi connectivity index (χ1n) is 23.9. The summed E-state index contributed by atoms with van der Waals surface area (Å²) in [5.74, 6) is -1.03. The molecule has 3 rings (SSSR count). The average molecular weight is 1090 g/mol. The van der Waals surface area contributed by atoms with E-state index in [0.29, 0.717) is 12.2 Å². The largest absolute Gasteiger partial charge is 0.481 e. The minimum Gasteiger partial charge on any atom is -0.386 e. The summed E-state index contributed by atoms with van der Waals surface area (Å²) >= 11 is 1.15. The number of nitrogens with one attached hydrogen (secondary N) is 2. The number of amides is 2. The number of unbranched alkanes of at least 4 members (excludes halogenated alkanes) is 12. The van der Waals surface area contributed by atoms with E-state index >= 15 is 0 Å². The minimum atomic E-state index is -5.58. The molecule has 404 valence electrons. The molecule has 1 aliphatic rings. The molecule has 0 saturated carbocycles. The Bertz CT molecular complexity index is 2160. The SMILES string of the molecule is CCCCC/C=C\C/C=C\CCCCCCCCCCCC(=O)SCCNC(=O)CCNC(=O)[C@H](O)C(C)(C)COP(=O)(O)OP(=O)(O)OC[C@H]1O[C@@H](n2cnc3c(N)ncnc32)C(O)C1OP(=O)(O)O. The lowest BCUT2D eigenvalue weighted by atomic mass is 9.87. The van der Waals surface area contributed by atoms with Crippen LogP contribution in [0.15, 0.2) is 37.0 Å². The number of carbonyl (C=O) groups is 3. The Kier molecular flexibility index (Phi) is 27.8. The zero-order valence-electron chi connectivity index (χ0n) is 40.7. The average Bonchev–Trinajstić information content (AvgIpc) is 3.86. The van der Waals surface area contributed by atoms with Gasteiger partial charge in [-0.15, -0.1) is 0 Å². The van der Waals surface area contributed by atoms with E-state index in [1.165, 1.54) is 78.1 Å². The Morgan fingerprint density at radius 2 is 1.48 bits per heavy atom.